The third-order valence-electron chi connectivity index (χ3n) is 3.62. The van der Waals surface area contributed by atoms with Crippen LogP contribution in [0.3, 0.4) is 0 Å². The minimum absolute atomic E-state index is 0.142. The normalized spacial score (nSPS) is 10.9. The van der Waals surface area contributed by atoms with E-state index in [1.807, 2.05) is 13.0 Å². The third-order valence-corrected chi connectivity index (χ3v) is 3.62. The number of rotatable bonds is 4. The summed E-state index contributed by atoms with van der Waals surface area (Å²) in [6.45, 7) is 2.63. The Bertz CT molecular complexity index is 912. The number of fused-ring (bicyclic) bond motifs is 1. The van der Waals surface area contributed by atoms with E-state index >= 15 is 0 Å². The molecule has 2 aromatic heterocycles. The molecule has 0 aliphatic rings. The Morgan fingerprint density at radius 3 is 2.83 bits per heavy atom. The molecule has 3 aromatic rings. The number of aromatic nitrogens is 4. The molecule has 0 saturated carbocycles. The molecule has 0 aliphatic heterocycles. The SMILES string of the molecule is CCN(Cc1nc2ccccc2c(=O)[nH]1)C(=O)c1cnn(C)c1. The number of aromatic amines is 1. The van der Waals surface area contributed by atoms with Crippen molar-refractivity contribution in [1.29, 1.82) is 0 Å². The number of amides is 1. The van der Waals surface area contributed by atoms with E-state index in [9.17, 15) is 9.59 Å². The second kappa shape index (κ2) is 6.04. The Labute approximate surface area is 132 Å². The number of aryl methyl sites for hydroxylation is 1. The van der Waals surface area contributed by atoms with Crippen LogP contribution in [0.5, 0.6) is 0 Å². The number of hydrogen-bond donors (Lipinski definition) is 1. The van der Waals surface area contributed by atoms with Gasteiger partial charge in [0.1, 0.15) is 5.82 Å². The molecule has 0 fully saturated rings. The molecule has 23 heavy (non-hydrogen) atoms. The molecule has 0 spiro atoms. The quantitative estimate of drug-likeness (QED) is 0.787. The van der Waals surface area contributed by atoms with Crippen LogP contribution in [0.25, 0.3) is 10.9 Å². The fourth-order valence-electron chi connectivity index (χ4n) is 2.43. The molecule has 2 heterocycles. The summed E-state index contributed by atoms with van der Waals surface area (Å²) in [5.74, 6) is 0.323. The van der Waals surface area contributed by atoms with E-state index in [2.05, 4.69) is 15.1 Å². The maximum atomic E-state index is 12.5. The molecule has 1 amide bonds. The van der Waals surface area contributed by atoms with Gasteiger partial charge in [0.2, 0.25) is 0 Å². The zero-order valence-corrected chi connectivity index (χ0v) is 13.0. The van der Waals surface area contributed by atoms with Gasteiger partial charge in [-0.25, -0.2) is 4.98 Å². The van der Waals surface area contributed by atoms with E-state index < -0.39 is 0 Å². The Morgan fingerprint density at radius 2 is 2.13 bits per heavy atom. The molecule has 7 nitrogen and oxygen atoms in total. The van der Waals surface area contributed by atoms with Gasteiger partial charge >= 0.3 is 0 Å². The van der Waals surface area contributed by atoms with Crippen molar-refractivity contribution in [3.8, 4) is 0 Å². The summed E-state index contributed by atoms with van der Waals surface area (Å²) in [6.07, 6.45) is 3.20. The molecular weight excluding hydrogens is 294 g/mol. The van der Waals surface area contributed by atoms with Crippen molar-refractivity contribution in [3.63, 3.8) is 0 Å². The molecule has 0 radical (unpaired) electrons. The highest BCUT2D eigenvalue weighted by molar-refractivity contribution is 5.93. The first kappa shape index (κ1) is 15.0. The average Bonchev–Trinajstić information content (AvgIpc) is 2.98. The van der Waals surface area contributed by atoms with E-state index in [0.29, 0.717) is 28.8 Å². The predicted molar refractivity (Wildman–Crippen MR) is 86.0 cm³/mol. The average molecular weight is 311 g/mol. The van der Waals surface area contributed by atoms with Crippen molar-refractivity contribution in [2.24, 2.45) is 7.05 Å². The summed E-state index contributed by atoms with van der Waals surface area (Å²) in [4.78, 5) is 33.4. The summed E-state index contributed by atoms with van der Waals surface area (Å²) >= 11 is 0. The van der Waals surface area contributed by atoms with Crippen LogP contribution in [0.1, 0.15) is 23.1 Å². The number of H-pyrrole nitrogens is 1. The van der Waals surface area contributed by atoms with Gasteiger partial charge in [-0.05, 0) is 19.1 Å². The van der Waals surface area contributed by atoms with Gasteiger partial charge in [0.25, 0.3) is 11.5 Å². The van der Waals surface area contributed by atoms with Gasteiger partial charge in [0.15, 0.2) is 0 Å². The van der Waals surface area contributed by atoms with Gasteiger partial charge in [0, 0.05) is 19.8 Å². The number of hydrogen-bond acceptors (Lipinski definition) is 4. The number of nitrogens with zero attached hydrogens (tertiary/aromatic N) is 4. The second-order valence-corrected chi connectivity index (χ2v) is 5.25. The lowest BCUT2D eigenvalue weighted by Gasteiger charge is -2.19. The van der Waals surface area contributed by atoms with Crippen LogP contribution in [0.4, 0.5) is 0 Å². The molecule has 0 bridgehead atoms. The highest BCUT2D eigenvalue weighted by Crippen LogP contribution is 2.09. The molecule has 1 N–H and O–H groups in total. The maximum absolute atomic E-state index is 12.5. The third kappa shape index (κ3) is 2.98. The Hall–Kier alpha value is -2.96. The smallest absolute Gasteiger partial charge is 0.258 e. The number of carbonyl (C=O) groups excluding carboxylic acids is 1. The Kier molecular flexibility index (Phi) is 3.92. The van der Waals surface area contributed by atoms with E-state index in [1.165, 1.54) is 6.20 Å². The highest BCUT2D eigenvalue weighted by Gasteiger charge is 2.17. The van der Waals surface area contributed by atoms with Crippen LogP contribution in [-0.2, 0) is 13.6 Å². The molecule has 0 aliphatic carbocycles. The summed E-state index contributed by atoms with van der Waals surface area (Å²) in [5.41, 5.74) is 0.934. The van der Waals surface area contributed by atoms with Crippen LogP contribution in [0.15, 0.2) is 41.5 Å². The van der Waals surface area contributed by atoms with Gasteiger partial charge in [-0.15, -0.1) is 0 Å². The van der Waals surface area contributed by atoms with Crippen molar-refractivity contribution >= 4 is 16.8 Å². The van der Waals surface area contributed by atoms with Gasteiger partial charge in [-0.3, -0.25) is 14.3 Å². The number of carbonyl (C=O) groups is 1. The van der Waals surface area contributed by atoms with Crippen molar-refractivity contribution in [1.82, 2.24) is 24.6 Å². The first-order valence-corrected chi connectivity index (χ1v) is 7.34. The second-order valence-electron chi connectivity index (χ2n) is 5.25. The van der Waals surface area contributed by atoms with E-state index in [1.54, 1.807) is 41.0 Å². The van der Waals surface area contributed by atoms with Crippen molar-refractivity contribution in [3.05, 3.63) is 58.4 Å². The number of para-hydroxylation sites is 1. The molecule has 0 unspecified atom stereocenters. The lowest BCUT2D eigenvalue weighted by Crippen LogP contribution is -2.31. The van der Waals surface area contributed by atoms with Gasteiger partial charge in [-0.1, -0.05) is 12.1 Å². The Balaban J connectivity index is 1.90. The topological polar surface area (TPSA) is 83.9 Å². The molecule has 1 aromatic carbocycles. The maximum Gasteiger partial charge on any atom is 0.258 e. The van der Waals surface area contributed by atoms with E-state index in [4.69, 9.17) is 0 Å². The predicted octanol–water partition coefficient (Wildman–Crippen LogP) is 1.32. The fourth-order valence-corrected chi connectivity index (χ4v) is 2.43. The summed E-state index contributed by atoms with van der Waals surface area (Å²) < 4.78 is 1.58. The molecular formula is C16H17N5O2. The van der Waals surface area contributed by atoms with Gasteiger partial charge < -0.3 is 9.88 Å². The van der Waals surface area contributed by atoms with Crippen molar-refractivity contribution in [2.75, 3.05) is 6.54 Å². The van der Waals surface area contributed by atoms with Crippen LogP contribution < -0.4 is 5.56 Å². The first-order valence-electron chi connectivity index (χ1n) is 7.34. The monoisotopic (exact) mass is 311 g/mol. The number of nitrogens with one attached hydrogen (secondary N) is 1. The number of benzene rings is 1. The lowest BCUT2D eigenvalue weighted by molar-refractivity contribution is 0.0748. The molecule has 0 saturated heterocycles. The summed E-state index contributed by atoms with van der Waals surface area (Å²) in [7, 11) is 1.76. The Morgan fingerprint density at radius 1 is 1.35 bits per heavy atom. The van der Waals surface area contributed by atoms with Gasteiger partial charge in [-0.2, -0.15) is 5.10 Å². The standard InChI is InChI=1S/C16H17N5O2/c1-3-21(16(23)11-8-17-20(2)9-11)10-14-18-13-7-5-4-6-12(13)15(22)19-14/h4-9H,3,10H2,1-2H3,(H,18,19,22). The van der Waals surface area contributed by atoms with Crippen LogP contribution >= 0.6 is 0 Å². The van der Waals surface area contributed by atoms with Crippen LogP contribution in [0, 0.1) is 0 Å². The van der Waals surface area contributed by atoms with E-state index in [-0.39, 0.29) is 18.0 Å². The molecule has 118 valence electrons. The van der Waals surface area contributed by atoms with Crippen molar-refractivity contribution < 1.29 is 4.79 Å². The highest BCUT2D eigenvalue weighted by atomic mass is 16.2. The molecule has 3 rings (SSSR count). The summed E-state index contributed by atoms with van der Waals surface area (Å²) in [6, 6.07) is 7.14. The zero-order valence-electron chi connectivity index (χ0n) is 13.0. The van der Waals surface area contributed by atoms with Gasteiger partial charge in [0.05, 0.1) is 29.2 Å². The molecule has 7 heteroatoms. The van der Waals surface area contributed by atoms with Crippen LogP contribution in [0.2, 0.25) is 0 Å². The zero-order chi connectivity index (χ0) is 16.4. The van der Waals surface area contributed by atoms with E-state index in [0.717, 1.165) is 0 Å². The van der Waals surface area contributed by atoms with Crippen molar-refractivity contribution in [2.45, 2.75) is 13.5 Å². The first-order chi connectivity index (χ1) is 11.1. The largest absolute Gasteiger partial charge is 0.331 e. The lowest BCUT2D eigenvalue weighted by atomic mass is 10.2. The summed E-state index contributed by atoms with van der Waals surface area (Å²) in [5, 5.41) is 4.55. The van der Waals surface area contributed by atoms with Crippen LogP contribution in [-0.4, -0.2) is 37.1 Å². The molecule has 0 atom stereocenters. The minimum atomic E-state index is -0.199. The fraction of sp³-hybridized carbons (Fsp3) is 0.250. The minimum Gasteiger partial charge on any atom is -0.331 e.